The minimum absolute atomic E-state index is 0.0231. The average molecular weight is 339 g/mol. The monoisotopic (exact) mass is 339 g/mol. The van der Waals surface area contributed by atoms with Gasteiger partial charge in [0.15, 0.2) is 17.3 Å². The number of ketones is 1. The van der Waals surface area contributed by atoms with Gasteiger partial charge in [0.1, 0.15) is 0 Å². The van der Waals surface area contributed by atoms with Crippen LogP contribution in [-0.2, 0) is 0 Å². The second-order valence-electron chi connectivity index (χ2n) is 5.14. The third-order valence-electron chi connectivity index (χ3n) is 3.69. The summed E-state index contributed by atoms with van der Waals surface area (Å²) in [6.45, 7) is 0. The molecule has 0 amide bonds. The van der Waals surface area contributed by atoms with Crippen molar-refractivity contribution in [2.24, 2.45) is 0 Å². The van der Waals surface area contributed by atoms with Crippen molar-refractivity contribution in [3.8, 4) is 28.6 Å². The summed E-state index contributed by atoms with van der Waals surface area (Å²) in [5.74, 6) is 1.63. The van der Waals surface area contributed by atoms with E-state index in [1.165, 1.54) is 27.5 Å². The second kappa shape index (κ2) is 7.09. The SMILES string of the molecule is COc1cc(-c2cnc(C(=O)c3ccccc3)o2)cc(OC)c1OC. The van der Waals surface area contributed by atoms with Crippen LogP contribution >= 0.6 is 0 Å². The normalized spacial score (nSPS) is 10.4. The van der Waals surface area contributed by atoms with E-state index in [1.807, 2.05) is 6.07 Å². The molecule has 25 heavy (non-hydrogen) atoms. The van der Waals surface area contributed by atoms with Gasteiger partial charge in [-0.2, -0.15) is 0 Å². The summed E-state index contributed by atoms with van der Waals surface area (Å²) in [5.41, 5.74) is 1.18. The maximum Gasteiger partial charge on any atom is 0.268 e. The van der Waals surface area contributed by atoms with Crippen LogP contribution in [-0.4, -0.2) is 32.1 Å². The number of methoxy groups -OCH3 is 3. The summed E-state index contributed by atoms with van der Waals surface area (Å²) >= 11 is 0. The minimum atomic E-state index is -0.278. The summed E-state index contributed by atoms with van der Waals surface area (Å²) in [7, 11) is 4.60. The first-order valence-electron chi connectivity index (χ1n) is 7.54. The Morgan fingerprint density at radius 1 is 0.960 bits per heavy atom. The molecule has 0 aliphatic heterocycles. The van der Waals surface area contributed by atoms with Crippen molar-refractivity contribution in [1.82, 2.24) is 4.98 Å². The summed E-state index contributed by atoms with van der Waals surface area (Å²) in [4.78, 5) is 16.5. The fourth-order valence-electron chi connectivity index (χ4n) is 2.45. The second-order valence-corrected chi connectivity index (χ2v) is 5.14. The Balaban J connectivity index is 1.99. The van der Waals surface area contributed by atoms with Gasteiger partial charge in [0.05, 0.1) is 27.5 Å². The van der Waals surface area contributed by atoms with E-state index < -0.39 is 0 Å². The smallest absolute Gasteiger partial charge is 0.268 e. The quantitative estimate of drug-likeness (QED) is 0.639. The molecule has 0 saturated heterocycles. The van der Waals surface area contributed by atoms with Crippen molar-refractivity contribution in [1.29, 1.82) is 0 Å². The zero-order valence-electron chi connectivity index (χ0n) is 14.1. The maximum absolute atomic E-state index is 12.4. The number of hydrogen-bond donors (Lipinski definition) is 0. The molecule has 0 N–H and O–H groups in total. The highest BCUT2D eigenvalue weighted by atomic mass is 16.5. The lowest BCUT2D eigenvalue weighted by Crippen LogP contribution is -2.00. The lowest BCUT2D eigenvalue weighted by Gasteiger charge is -2.13. The molecule has 3 aromatic rings. The Labute approximate surface area is 145 Å². The van der Waals surface area contributed by atoms with Gasteiger partial charge in [-0.15, -0.1) is 0 Å². The molecule has 0 fully saturated rings. The third kappa shape index (κ3) is 3.19. The molecule has 0 aliphatic rings. The van der Waals surface area contributed by atoms with Crippen LogP contribution in [0.3, 0.4) is 0 Å². The average Bonchev–Trinajstić information content (AvgIpc) is 3.17. The fourth-order valence-corrected chi connectivity index (χ4v) is 2.45. The van der Waals surface area contributed by atoms with Gasteiger partial charge in [-0.3, -0.25) is 4.79 Å². The van der Waals surface area contributed by atoms with Gasteiger partial charge in [-0.05, 0) is 12.1 Å². The number of hydrogen-bond acceptors (Lipinski definition) is 6. The highest BCUT2D eigenvalue weighted by molar-refractivity contribution is 6.06. The number of ether oxygens (including phenoxy) is 3. The van der Waals surface area contributed by atoms with Gasteiger partial charge in [0.25, 0.3) is 5.89 Å². The summed E-state index contributed by atoms with van der Waals surface area (Å²) in [5, 5.41) is 0. The van der Waals surface area contributed by atoms with E-state index in [2.05, 4.69) is 4.98 Å². The molecule has 1 aromatic heterocycles. The molecule has 128 valence electrons. The van der Waals surface area contributed by atoms with Crippen LogP contribution in [0.1, 0.15) is 16.2 Å². The van der Waals surface area contributed by atoms with Gasteiger partial charge < -0.3 is 18.6 Å². The topological polar surface area (TPSA) is 70.8 Å². The van der Waals surface area contributed by atoms with Crippen molar-refractivity contribution in [3.05, 3.63) is 60.1 Å². The molecule has 0 bridgehead atoms. The Morgan fingerprint density at radius 2 is 1.60 bits per heavy atom. The molecule has 6 nitrogen and oxygen atoms in total. The molecule has 0 radical (unpaired) electrons. The number of nitrogens with zero attached hydrogens (tertiary/aromatic N) is 1. The molecule has 6 heteroatoms. The Kier molecular flexibility index (Phi) is 4.70. The summed E-state index contributed by atoms with van der Waals surface area (Å²) in [6, 6.07) is 12.3. The number of benzene rings is 2. The van der Waals surface area contributed by atoms with Gasteiger partial charge >= 0.3 is 0 Å². The van der Waals surface area contributed by atoms with E-state index in [9.17, 15) is 4.79 Å². The van der Waals surface area contributed by atoms with Crippen molar-refractivity contribution in [2.45, 2.75) is 0 Å². The molecule has 0 aliphatic carbocycles. The lowest BCUT2D eigenvalue weighted by molar-refractivity contribution is 0.100. The number of carbonyl (C=O) groups excluding carboxylic acids is 1. The van der Waals surface area contributed by atoms with Gasteiger partial charge in [-0.1, -0.05) is 30.3 Å². The van der Waals surface area contributed by atoms with E-state index in [4.69, 9.17) is 18.6 Å². The highest BCUT2D eigenvalue weighted by Crippen LogP contribution is 2.41. The largest absolute Gasteiger partial charge is 0.493 e. The van der Waals surface area contributed by atoms with Gasteiger partial charge in [0, 0.05) is 11.1 Å². The van der Waals surface area contributed by atoms with Crippen LogP contribution in [0.5, 0.6) is 17.2 Å². The summed E-state index contributed by atoms with van der Waals surface area (Å²) < 4.78 is 21.6. The van der Waals surface area contributed by atoms with Crippen LogP contribution in [0.25, 0.3) is 11.3 Å². The molecular weight excluding hydrogens is 322 g/mol. The zero-order chi connectivity index (χ0) is 17.8. The standard InChI is InChI=1S/C19H17NO5/c1-22-14-9-13(10-15(23-2)18(14)24-3)16-11-20-19(25-16)17(21)12-7-5-4-6-8-12/h4-11H,1-3H3. The van der Waals surface area contributed by atoms with E-state index in [1.54, 1.807) is 36.4 Å². The fraction of sp³-hybridized carbons (Fsp3) is 0.158. The van der Waals surface area contributed by atoms with Crippen LogP contribution in [0, 0.1) is 0 Å². The van der Waals surface area contributed by atoms with Crippen molar-refractivity contribution in [2.75, 3.05) is 21.3 Å². The molecule has 1 heterocycles. The number of aromatic nitrogens is 1. The lowest BCUT2D eigenvalue weighted by atomic mass is 10.1. The molecule has 0 spiro atoms. The molecule has 0 saturated carbocycles. The first-order valence-corrected chi connectivity index (χ1v) is 7.54. The van der Waals surface area contributed by atoms with Gasteiger partial charge in [0.2, 0.25) is 11.5 Å². The predicted molar refractivity (Wildman–Crippen MR) is 91.5 cm³/mol. The van der Waals surface area contributed by atoms with Crippen LogP contribution < -0.4 is 14.2 Å². The first kappa shape index (κ1) is 16.6. The van der Waals surface area contributed by atoms with E-state index >= 15 is 0 Å². The third-order valence-corrected chi connectivity index (χ3v) is 3.69. The summed E-state index contributed by atoms with van der Waals surface area (Å²) in [6.07, 6.45) is 1.50. The zero-order valence-corrected chi connectivity index (χ0v) is 14.1. The predicted octanol–water partition coefficient (Wildman–Crippen LogP) is 3.60. The van der Waals surface area contributed by atoms with Crippen LogP contribution in [0.15, 0.2) is 53.1 Å². The minimum Gasteiger partial charge on any atom is -0.493 e. The van der Waals surface area contributed by atoms with E-state index in [0.29, 0.717) is 34.1 Å². The molecular formula is C19H17NO5. The Bertz CT molecular complexity index is 861. The van der Waals surface area contributed by atoms with E-state index in [0.717, 1.165) is 0 Å². The Hall–Kier alpha value is -3.28. The molecule has 3 rings (SSSR count). The van der Waals surface area contributed by atoms with Crippen LogP contribution in [0.4, 0.5) is 0 Å². The van der Waals surface area contributed by atoms with E-state index in [-0.39, 0.29) is 11.7 Å². The van der Waals surface area contributed by atoms with Crippen molar-refractivity contribution >= 4 is 5.78 Å². The highest BCUT2D eigenvalue weighted by Gasteiger charge is 2.19. The molecule has 0 atom stereocenters. The molecule has 2 aromatic carbocycles. The Morgan fingerprint density at radius 3 is 2.16 bits per heavy atom. The molecule has 0 unspecified atom stereocenters. The number of carbonyl (C=O) groups is 1. The van der Waals surface area contributed by atoms with Crippen LogP contribution in [0.2, 0.25) is 0 Å². The van der Waals surface area contributed by atoms with Gasteiger partial charge in [-0.25, -0.2) is 4.98 Å². The van der Waals surface area contributed by atoms with Crippen molar-refractivity contribution in [3.63, 3.8) is 0 Å². The van der Waals surface area contributed by atoms with Crippen molar-refractivity contribution < 1.29 is 23.4 Å². The first-order chi connectivity index (χ1) is 12.2. The maximum atomic E-state index is 12.4. The number of rotatable bonds is 6. The number of oxazole rings is 1.